The van der Waals surface area contributed by atoms with Crippen LogP contribution in [0.4, 0.5) is 10.5 Å². The van der Waals surface area contributed by atoms with Crippen molar-refractivity contribution < 1.29 is 14.3 Å². The number of H-pyrrole nitrogens is 1. The quantitative estimate of drug-likeness (QED) is 0.488. The second-order valence-electron chi connectivity index (χ2n) is 7.48. The summed E-state index contributed by atoms with van der Waals surface area (Å²) in [5.41, 5.74) is 3.38. The number of benzene rings is 1. The third-order valence-electron chi connectivity index (χ3n) is 4.05. The van der Waals surface area contributed by atoms with Crippen LogP contribution in [-0.2, 0) is 4.74 Å². The Morgan fingerprint density at radius 3 is 2.54 bits per heavy atom. The molecule has 3 rings (SSSR count). The van der Waals surface area contributed by atoms with Gasteiger partial charge < -0.3 is 9.72 Å². The molecule has 0 unspecified atom stereocenters. The lowest BCUT2D eigenvalue weighted by Crippen LogP contribution is -2.27. The number of fused-ring (bicyclic) bond motifs is 1. The number of allylic oxidation sites excluding steroid dienone is 1. The van der Waals surface area contributed by atoms with Gasteiger partial charge in [0.15, 0.2) is 5.78 Å². The summed E-state index contributed by atoms with van der Waals surface area (Å²) in [4.78, 5) is 31.6. The summed E-state index contributed by atoms with van der Waals surface area (Å²) in [7, 11) is 0. The number of carbonyl (C=O) groups excluding carboxylic acids is 2. The number of aromatic nitrogens is 2. The van der Waals surface area contributed by atoms with Crippen LogP contribution < -0.4 is 5.32 Å². The van der Waals surface area contributed by atoms with Crippen molar-refractivity contribution in [3.05, 3.63) is 65.6 Å². The largest absolute Gasteiger partial charge is 0.444 e. The Balaban J connectivity index is 1.86. The van der Waals surface area contributed by atoms with E-state index in [1.807, 2.05) is 39.8 Å². The Morgan fingerprint density at radius 1 is 1.14 bits per heavy atom. The number of hydrogen-bond donors (Lipinski definition) is 2. The third-order valence-corrected chi connectivity index (χ3v) is 4.05. The smallest absolute Gasteiger partial charge is 0.412 e. The van der Waals surface area contributed by atoms with Crippen molar-refractivity contribution in [2.24, 2.45) is 0 Å². The number of nitrogens with zero attached hydrogens (tertiary/aromatic N) is 1. The zero-order chi connectivity index (χ0) is 20.3. The van der Waals surface area contributed by atoms with Crippen molar-refractivity contribution in [3.8, 4) is 0 Å². The first-order valence-electron chi connectivity index (χ1n) is 8.98. The lowest BCUT2D eigenvalue weighted by Gasteiger charge is -2.19. The molecular formula is C22H23N3O3. The standard InChI is InChI=1S/C22H23N3O3/c1-14-17(6-8-20(26)15-9-11-23-12-10-15)18-13-16(5-7-19(18)24-14)25-21(27)28-22(2,3)4/h5-13,24H,1-4H3,(H,25,27)/b8-6+. The van der Waals surface area contributed by atoms with E-state index in [1.54, 1.807) is 42.7 Å². The first kappa shape index (κ1) is 19.4. The van der Waals surface area contributed by atoms with Gasteiger partial charge in [0.1, 0.15) is 5.60 Å². The average molecular weight is 377 g/mol. The number of rotatable bonds is 4. The molecule has 0 radical (unpaired) electrons. The van der Waals surface area contributed by atoms with E-state index in [4.69, 9.17) is 4.74 Å². The molecule has 0 bridgehead atoms. The predicted molar refractivity (Wildman–Crippen MR) is 110 cm³/mol. The Hall–Kier alpha value is -3.41. The van der Waals surface area contributed by atoms with Gasteiger partial charge in [0.05, 0.1) is 0 Å². The van der Waals surface area contributed by atoms with Gasteiger partial charge in [-0.25, -0.2) is 4.79 Å². The van der Waals surface area contributed by atoms with Crippen molar-refractivity contribution in [3.63, 3.8) is 0 Å². The van der Waals surface area contributed by atoms with Crippen LogP contribution in [0, 0.1) is 6.92 Å². The van der Waals surface area contributed by atoms with E-state index >= 15 is 0 Å². The Labute approximate surface area is 163 Å². The van der Waals surface area contributed by atoms with Crippen LogP contribution in [0.3, 0.4) is 0 Å². The van der Waals surface area contributed by atoms with Gasteiger partial charge in [0.2, 0.25) is 0 Å². The van der Waals surface area contributed by atoms with Crippen molar-refractivity contribution in [2.45, 2.75) is 33.3 Å². The maximum absolute atomic E-state index is 12.3. The van der Waals surface area contributed by atoms with Crippen molar-refractivity contribution in [1.82, 2.24) is 9.97 Å². The van der Waals surface area contributed by atoms with Crippen molar-refractivity contribution in [1.29, 1.82) is 0 Å². The number of anilines is 1. The summed E-state index contributed by atoms with van der Waals surface area (Å²) < 4.78 is 5.30. The number of carbonyl (C=O) groups is 2. The number of hydrogen-bond acceptors (Lipinski definition) is 4. The number of pyridine rings is 1. The van der Waals surface area contributed by atoms with Crippen LogP contribution in [0.25, 0.3) is 17.0 Å². The minimum Gasteiger partial charge on any atom is -0.444 e. The molecule has 1 amide bonds. The van der Waals surface area contributed by atoms with E-state index in [9.17, 15) is 9.59 Å². The normalized spacial score (nSPS) is 11.7. The summed E-state index contributed by atoms with van der Waals surface area (Å²) in [6.07, 6.45) is 6.00. The lowest BCUT2D eigenvalue weighted by molar-refractivity contribution is 0.0636. The molecule has 6 nitrogen and oxygen atoms in total. The number of amides is 1. The Morgan fingerprint density at radius 2 is 1.86 bits per heavy atom. The van der Waals surface area contributed by atoms with Crippen molar-refractivity contribution in [2.75, 3.05) is 5.32 Å². The first-order chi connectivity index (χ1) is 13.2. The first-order valence-corrected chi connectivity index (χ1v) is 8.98. The second-order valence-corrected chi connectivity index (χ2v) is 7.48. The van der Waals surface area contributed by atoms with E-state index in [0.717, 1.165) is 22.2 Å². The monoisotopic (exact) mass is 377 g/mol. The molecule has 0 spiro atoms. The van der Waals surface area contributed by atoms with Crippen LogP contribution in [0.1, 0.15) is 42.4 Å². The van der Waals surface area contributed by atoms with Crippen LogP contribution in [0.5, 0.6) is 0 Å². The van der Waals surface area contributed by atoms with Crippen molar-refractivity contribution >= 4 is 34.5 Å². The van der Waals surface area contributed by atoms with E-state index in [-0.39, 0.29) is 5.78 Å². The molecule has 28 heavy (non-hydrogen) atoms. The second kappa shape index (κ2) is 7.68. The highest BCUT2D eigenvalue weighted by atomic mass is 16.6. The fraction of sp³-hybridized carbons (Fsp3) is 0.227. The van der Waals surface area contributed by atoms with Gasteiger partial charge in [0.25, 0.3) is 0 Å². The summed E-state index contributed by atoms with van der Waals surface area (Å²) in [6, 6.07) is 8.91. The maximum atomic E-state index is 12.3. The zero-order valence-electron chi connectivity index (χ0n) is 16.4. The van der Waals surface area contributed by atoms with Gasteiger partial charge in [0, 0.05) is 45.8 Å². The molecule has 3 aromatic rings. The highest BCUT2D eigenvalue weighted by molar-refractivity contribution is 6.08. The van der Waals surface area contributed by atoms with E-state index in [1.165, 1.54) is 0 Å². The summed E-state index contributed by atoms with van der Waals surface area (Å²) in [6.45, 7) is 7.38. The number of ketones is 1. The third kappa shape index (κ3) is 4.65. The fourth-order valence-corrected chi connectivity index (χ4v) is 2.83. The fourth-order valence-electron chi connectivity index (χ4n) is 2.83. The molecule has 0 aliphatic heterocycles. The van der Waals surface area contributed by atoms with Crippen LogP contribution in [0.15, 0.2) is 48.8 Å². The molecule has 2 heterocycles. The van der Waals surface area contributed by atoms with Gasteiger partial charge in [-0.15, -0.1) is 0 Å². The average Bonchev–Trinajstić information content (AvgIpc) is 2.93. The predicted octanol–water partition coefficient (Wildman–Crippen LogP) is 5.11. The molecule has 144 valence electrons. The molecule has 0 aliphatic carbocycles. The summed E-state index contributed by atoms with van der Waals surface area (Å²) in [5, 5.41) is 3.65. The van der Waals surface area contributed by atoms with Crippen LogP contribution in [-0.4, -0.2) is 27.4 Å². The highest BCUT2D eigenvalue weighted by Crippen LogP contribution is 2.27. The molecule has 2 N–H and O–H groups in total. The van der Waals surface area contributed by atoms with Gasteiger partial charge in [-0.1, -0.05) is 0 Å². The summed E-state index contributed by atoms with van der Waals surface area (Å²) in [5.74, 6) is -0.0980. The summed E-state index contributed by atoms with van der Waals surface area (Å²) >= 11 is 0. The molecule has 1 aromatic carbocycles. The Bertz CT molecular complexity index is 1040. The Kier molecular flexibility index (Phi) is 5.31. The number of aryl methyl sites for hydroxylation is 1. The number of aromatic amines is 1. The maximum Gasteiger partial charge on any atom is 0.412 e. The van der Waals surface area contributed by atoms with E-state index < -0.39 is 11.7 Å². The van der Waals surface area contributed by atoms with Gasteiger partial charge in [-0.3, -0.25) is 15.1 Å². The van der Waals surface area contributed by atoms with Crippen LogP contribution >= 0.6 is 0 Å². The van der Waals surface area contributed by atoms with Crippen LogP contribution in [0.2, 0.25) is 0 Å². The highest BCUT2D eigenvalue weighted by Gasteiger charge is 2.16. The molecular weight excluding hydrogens is 354 g/mol. The van der Waals surface area contributed by atoms with Gasteiger partial charge >= 0.3 is 6.09 Å². The molecule has 0 fully saturated rings. The van der Waals surface area contributed by atoms with Gasteiger partial charge in [-0.05, 0) is 70.2 Å². The SMILES string of the molecule is Cc1[nH]c2ccc(NC(=O)OC(C)(C)C)cc2c1/C=C/C(=O)c1ccncc1. The number of ether oxygens (including phenoxy) is 1. The molecule has 6 heteroatoms. The van der Waals surface area contributed by atoms with Gasteiger partial charge in [-0.2, -0.15) is 0 Å². The lowest BCUT2D eigenvalue weighted by atomic mass is 10.1. The molecule has 0 saturated carbocycles. The molecule has 0 aliphatic rings. The van der Waals surface area contributed by atoms with E-state index in [0.29, 0.717) is 11.3 Å². The topological polar surface area (TPSA) is 84.1 Å². The van der Waals surface area contributed by atoms with E-state index in [2.05, 4.69) is 15.3 Å². The zero-order valence-corrected chi connectivity index (χ0v) is 16.4. The molecule has 0 saturated heterocycles. The molecule has 2 aromatic heterocycles. The molecule has 0 atom stereocenters. The minimum absolute atomic E-state index is 0.0980. The minimum atomic E-state index is -0.569. The number of nitrogens with one attached hydrogen (secondary N) is 2.